The van der Waals surface area contributed by atoms with Crippen molar-refractivity contribution < 1.29 is 4.42 Å². The Morgan fingerprint density at radius 3 is 2.64 bits per heavy atom. The van der Waals surface area contributed by atoms with Crippen LogP contribution in [0.5, 0.6) is 0 Å². The van der Waals surface area contributed by atoms with Crippen molar-refractivity contribution in [2.75, 3.05) is 14.1 Å². The van der Waals surface area contributed by atoms with Crippen molar-refractivity contribution in [3.8, 4) is 0 Å². The summed E-state index contributed by atoms with van der Waals surface area (Å²) in [6.45, 7) is 2.96. The summed E-state index contributed by atoms with van der Waals surface area (Å²) in [5.74, 6) is 1.03. The van der Waals surface area contributed by atoms with Crippen LogP contribution in [0.4, 0.5) is 0 Å². The molecule has 0 atom stereocenters. The first kappa shape index (κ1) is 9.28. The molecule has 14 heavy (non-hydrogen) atoms. The lowest BCUT2D eigenvalue weighted by atomic mass is 10.1. The molecule has 0 saturated carbocycles. The van der Waals surface area contributed by atoms with Crippen LogP contribution in [0.25, 0.3) is 11.0 Å². The third kappa shape index (κ3) is 1.53. The molecule has 2 aromatic rings. The lowest BCUT2D eigenvalue weighted by Crippen LogP contribution is -2.10. The molecule has 1 heterocycles. The standard InChI is InChI=1S/C12H15NO/c1-9-11(8-13(2)3)10-6-4-5-7-12(10)14-9/h4-7H,8H2,1-3H3. The van der Waals surface area contributed by atoms with Gasteiger partial charge >= 0.3 is 0 Å². The summed E-state index contributed by atoms with van der Waals surface area (Å²) in [5.41, 5.74) is 2.28. The van der Waals surface area contributed by atoms with Gasteiger partial charge in [-0.1, -0.05) is 18.2 Å². The van der Waals surface area contributed by atoms with Gasteiger partial charge in [0, 0.05) is 17.5 Å². The maximum atomic E-state index is 5.67. The molecule has 74 valence electrons. The quantitative estimate of drug-likeness (QED) is 0.722. The molecule has 2 heteroatoms. The molecule has 0 amide bonds. The molecule has 0 aliphatic rings. The van der Waals surface area contributed by atoms with E-state index in [0.717, 1.165) is 17.9 Å². The predicted molar refractivity (Wildman–Crippen MR) is 58.3 cm³/mol. The lowest BCUT2D eigenvalue weighted by molar-refractivity contribution is 0.398. The Balaban J connectivity index is 2.56. The van der Waals surface area contributed by atoms with Crippen LogP contribution >= 0.6 is 0 Å². The fourth-order valence-corrected chi connectivity index (χ4v) is 1.73. The second kappa shape index (κ2) is 3.46. The van der Waals surface area contributed by atoms with Crippen molar-refractivity contribution in [1.29, 1.82) is 0 Å². The summed E-state index contributed by atoms with van der Waals surface area (Å²) < 4.78 is 5.67. The molecule has 1 aromatic heterocycles. The van der Waals surface area contributed by atoms with Gasteiger partial charge in [0.25, 0.3) is 0 Å². The van der Waals surface area contributed by atoms with Gasteiger partial charge in [0.2, 0.25) is 0 Å². The second-order valence-corrected chi connectivity index (χ2v) is 3.87. The number of para-hydroxylation sites is 1. The average Bonchev–Trinajstić information content (AvgIpc) is 2.43. The van der Waals surface area contributed by atoms with Crippen molar-refractivity contribution in [3.05, 3.63) is 35.6 Å². The van der Waals surface area contributed by atoms with Gasteiger partial charge in [-0.2, -0.15) is 0 Å². The number of aryl methyl sites for hydroxylation is 1. The Morgan fingerprint density at radius 1 is 1.21 bits per heavy atom. The van der Waals surface area contributed by atoms with Crippen LogP contribution in [-0.4, -0.2) is 19.0 Å². The lowest BCUT2D eigenvalue weighted by Gasteiger charge is -2.08. The van der Waals surface area contributed by atoms with Crippen LogP contribution in [0.1, 0.15) is 11.3 Å². The molecule has 0 bridgehead atoms. The molecule has 0 radical (unpaired) electrons. The SMILES string of the molecule is Cc1oc2ccccc2c1CN(C)C. The molecule has 2 nitrogen and oxygen atoms in total. The first-order chi connectivity index (χ1) is 6.68. The van der Waals surface area contributed by atoms with Gasteiger partial charge in [-0.25, -0.2) is 0 Å². The highest BCUT2D eigenvalue weighted by Gasteiger charge is 2.10. The maximum Gasteiger partial charge on any atom is 0.134 e. The Kier molecular flexibility index (Phi) is 2.30. The number of furan rings is 1. The Labute approximate surface area is 84.1 Å². The van der Waals surface area contributed by atoms with E-state index in [4.69, 9.17) is 4.42 Å². The van der Waals surface area contributed by atoms with Crippen molar-refractivity contribution >= 4 is 11.0 Å². The molecule has 0 N–H and O–H groups in total. The topological polar surface area (TPSA) is 16.4 Å². The molecule has 0 fully saturated rings. The van der Waals surface area contributed by atoms with E-state index in [2.05, 4.69) is 31.1 Å². The van der Waals surface area contributed by atoms with Gasteiger partial charge in [0.1, 0.15) is 11.3 Å². The molecule has 0 saturated heterocycles. The van der Waals surface area contributed by atoms with Crippen LogP contribution in [0.2, 0.25) is 0 Å². The van der Waals surface area contributed by atoms with E-state index in [1.54, 1.807) is 0 Å². The zero-order valence-corrected chi connectivity index (χ0v) is 8.87. The van der Waals surface area contributed by atoms with Crippen LogP contribution in [0.3, 0.4) is 0 Å². The zero-order valence-electron chi connectivity index (χ0n) is 8.87. The van der Waals surface area contributed by atoms with E-state index >= 15 is 0 Å². The largest absolute Gasteiger partial charge is 0.461 e. The van der Waals surface area contributed by atoms with Gasteiger partial charge in [0.15, 0.2) is 0 Å². The smallest absolute Gasteiger partial charge is 0.134 e. The van der Waals surface area contributed by atoms with Crippen LogP contribution in [0, 0.1) is 6.92 Å². The summed E-state index contributed by atoms with van der Waals surface area (Å²) in [6.07, 6.45) is 0. The molecule has 0 unspecified atom stereocenters. The third-order valence-electron chi connectivity index (χ3n) is 2.37. The van der Waals surface area contributed by atoms with E-state index in [-0.39, 0.29) is 0 Å². The molecule has 1 aromatic carbocycles. The van der Waals surface area contributed by atoms with E-state index < -0.39 is 0 Å². The van der Waals surface area contributed by atoms with E-state index in [0.29, 0.717) is 0 Å². The van der Waals surface area contributed by atoms with Crippen LogP contribution in [0.15, 0.2) is 28.7 Å². The van der Waals surface area contributed by atoms with Crippen LogP contribution in [-0.2, 0) is 6.54 Å². The van der Waals surface area contributed by atoms with Gasteiger partial charge in [-0.3, -0.25) is 0 Å². The van der Waals surface area contributed by atoms with Crippen LogP contribution < -0.4 is 0 Å². The fraction of sp³-hybridized carbons (Fsp3) is 0.333. The number of fused-ring (bicyclic) bond motifs is 1. The Hall–Kier alpha value is -1.28. The summed E-state index contributed by atoms with van der Waals surface area (Å²) in [5, 5.41) is 1.23. The minimum absolute atomic E-state index is 0.933. The maximum absolute atomic E-state index is 5.67. The van der Waals surface area contributed by atoms with Gasteiger partial charge in [-0.15, -0.1) is 0 Å². The number of nitrogens with zero attached hydrogens (tertiary/aromatic N) is 1. The van der Waals surface area contributed by atoms with Crippen molar-refractivity contribution in [2.45, 2.75) is 13.5 Å². The molecule has 0 spiro atoms. The predicted octanol–water partition coefficient (Wildman–Crippen LogP) is 2.80. The van der Waals surface area contributed by atoms with Gasteiger partial charge in [-0.05, 0) is 27.1 Å². The van der Waals surface area contributed by atoms with Crippen molar-refractivity contribution in [3.63, 3.8) is 0 Å². The minimum Gasteiger partial charge on any atom is -0.461 e. The number of rotatable bonds is 2. The fourth-order valence-electron chi connectivity index (χ4n) is 1.73. The summed E-state index contributed by atoms with van der Waals surface area (Å²) >= 11 is 0. The zero-order chi connectivity index (χ0) is 10.1. The Bertz CT molecular complexity index is 443. The third-order valence-corrected chi connectivity index (χ3v) is 2.37. The van der Waals surface area contributed by atoms with Gasteiger partial charge in [0.05, 0.1) is 0 Å². The number of benzene rings is 1. The summed E-state index contributed by atoms with van der Waals surface area (Å²) in [7, 11) is 4.14. The highest BCUT2D eigenvalue weighted by molar-refractivity contribution is 5.82. The molecule has 0 aliphatic heterocycles. The average molecular weight is 189 g/mol. The summed E-state index contributed by atoms with van der Waals surface area (Å²) in [4.78, 5) is 2.16. The van der Waals surface area contributed by atoms with E-state index in [1.165, 1.54) is 10.9 Å². The Morgan fingerprint density at radius 2 is 1.93 bits per heavy atom. The first-order valence-electron chi connectivity index (χ1n) is 4.80. The van der Waals surface area contributed by atoms with Gasteiger partial charge < -0.3 is 9.32 Å². The summed E-state index contributed by atoms with van der Waals surface area (Å²) in [6, 6.07) is 8.19. The molecular formula is C12H15NO. The number of hydrogen-bond donors (Lipinski definition) is 0. The molecular weight excluding hydrogens is 174 g/mol. The monoisotopic (exact) mass is 189 g/mol. The highest BCUT2D eigenvalue weighted by Crippen LogP contribution is 2.25. The molecule has 0 aliphatic carbocycles. The minimum atomic E-state index is 0.933. The normalized spacial score (nSPS) is 11.4. The second-order valence-electron chi connectivity index (χ2n) is 3.87. The highest BCUT2D eigenvalue weighted by atomic mass is 16.3. The van der Waals surface area contributed by atoms with E-state index in [9.17, 15) is 0 Å². The molecule has 2 rings (SSSR count). The van der Waals surface area contributed by atoms with Crippen molar-refractivity contribution in [2.24, 2.45) is 0 Å². The number of hydrogen-bond acceptors (Lipinski definition) is 2. The first-order valence-corrected chi connectivity index (χ1v) is 4.80. The van der Waals surface area contributed by atoms with Crippen molar-refractivity contribution in [1.82, 2.24) is 4.90 Å². The van der Waals surface area contributed by atoms with E-state index in [1.807, 2.05) is 19.1 Å².